The van der Waals surface area contributed by atoms with Crippen LogP contribution in [0.25, 0.3) is 0 Å². The van der Waals surface area contributed by atoms with Crippen molar-refractivity contribution in [3.8, 4) is 0 Å². The van der Waals surface area contributed by atoms with Crippen molar-refractivity contribution in [2.24, 2.45) is 5.73 Å². The number of aliphatic hydroxyl groups excluding tert-OH is 1. The first kappa shape index (κ1) is 10.7. The number of thioether (sulfide) groups is 1. The van der Waals surface area contributed by atoms with Crippen LogP contribution in [0.2, 0.25) is 0 Å². The number of carbonyl (C=O) groups is 1. The van der Waals surface area contributed by atoms with Crippen LogP contribution in [-0.2, 0) is 4.79 Å². The number of carboxylic acid groups (broad SMARTS) is 1. The van der Waals surface area contributed by atoms with Crippen molar-refractivity contribution < 1.29 is 15.0 Å². The Morgan fingerprint density at radius 1 is 1.73 bits per heavy atom. The molecule has 0 saturated heterocycles. The van der Waals surface area contributed by atoms with Gasteiger partial charge in [0.2, 0.25) is 0 Å². The summed E-state index contributed by atoms with van der Waals surface area (Å²) in [6.07, 6.45) is 0. The molecule has 0 aromatic carbocycles. The zero-order valence-corrected chi connectivity index (χ0v) is 7.17. The molecule has 4 N–H and O–H groups in total. The first-order valence-corrected chi connectivity index (χ1v) is 4.25. The van der Waals surface area contributed by atoms with E-state index in [9.17, 15) is 4.79 Å². The van der Waals surface area contributed by atoms with Gasteiger partial charge in [-0.1, -0.05) is 6.92 Å². The summed E-state index contributed by atoms with van der Waals surface area (Å²) in [6, 6.07) is 0. The van der Waals surface area contributed by atoms with Crippen LogP contribution in [0, 0.1) is 0 Å². The van der Waals surface area contributed by atoms with Gasteiger partial charge in [-0.2, -0.15) is 0 Å². The molecule has 2 atom stereocenters. The highest BCUT2D eigenvalue weighted by Gasteiger charge is 2.18. The molecule has 0 saturated carbocycles. The Bertz CT molecular complexity index is 131. The number of aliphatic carboxylic acids is 1. The van der Waals surface area contributed by atoms with Crippen LogP contribution in [0.15, 0.2) is 0 Å². The average molecular weight is 179 g/mol. The molecule has 0 rings (SSSR count). The topological polar surface area (TPSA) is 83.5 Å². The van der Waals surface area contributed by atoms with E-state index in [1.165, 1.54) is 11.8 Å². The molecule has 0 bridgehead atoms. The smallest absolute Gasteiger partial charge is 0.317 e. The van der Waals surface area contributed by atoms with Gasteiger partial charge in [0.25, 0.3) is 0 Å². The van der Waals surface area contributed by atoms with Gasteiger partial charge in [0, 0.05) is 11.8 Å². The van der Waals surface area contributed by atoms with Crippen molar-refractivity contribution in [3.05, 3.63) is 0 Å². The predicted octanol–water partition coefficient (Wildman–Crippen LogP) is -0.488. The first-order valence-electron chi connectivity index (χ1n) is 3.31. The van der Waals surface area contributed by atoms with Gasteiger partial charge >= 0.3 is 5.97 Å². The average Bonchev–Trinajstić information content (AvgIpc) is 1.99. The maximum Gasteiger partial charge on any atom is 0.317 e. The Morgan fingerprint density at radius 2 is 2.27 bits per heavy atom. The number of carboxylic acids is 1. The van der Waals surface area contributed by atoms with Crippen molar-refractivity contribution in [2.45, 2.75) is 17.4 Å². The highest BCUT2D eigenvalue weighted by atomic mass is 32.2. The Labute approximate surface area is 69.8 Å². The minimum absolute atomic E-state index is 0.0194. The molecule has 0 amide bonds. The third-order valence-electron chi connectivity index (χ3n) is 1.14. The van der Waals surface area contributed by atoms with E-state index in [0.29, 0.717) is 0 Å². The molecule has 66 valence electrons. The molecule has 0 aliphatic heterocycles. The highest BCUT2D eigenvalue weighted by molar-refractivity contribution is 8.01. The number of hydrogen-bond donors (Lipinski definition) is 3. The van der Waals surface area contributed by atoms with E-state index < -0.39 is 11.2 Å². The lowest BCUT2D eigenvalue weighted by Gasteiger charge is -2.12. The quantitative estimate of drug-likeness (QED) is 0.530. The molecular weight excluding hydrogens is 166 g/mol. The number of hydrogen-bond acceptors (Lipinski definition) is 4. The zero-order valence-electron chi connectivity index (χ0n) is 6.36. The number of rotatable bonds is 5. The van der Waals surface area contributed by atoms with Crippen LogP contribution in [-0.4, -0.2) is 39.8 Å². The largest absolute Gasteiger partial charge is 0.480 e. The molecule has 0 aromatic rings. The fraction of sp³-hybridized carbons (Fsp3) is 0.833. The third kappa shape index (κ3) is 4.23. The second-order valence-electron chi connectivity index (χ2n) is 2.19. The highest BCUT2D eigenvalue weighted by Crippen LogP contribution is 2.16. The van der Waals surface area contributed by atoms with Gasteiger partial charge in [-0.3, -0.25) is 4.79 Å². The monoisotopic (exact) mass is 179 g/mol. The Morgan fingerprint density at radius 3 is 2.55 bits per heavy atom. The summed E-state index contributed by atoms with van der Waals surface area (Å²) in [5, 5.41) is 16.5. The van der Waals surface area contributed by atoms with Crippen LogP contribution >= 0.6 is 11.8 Å². The second-order valence-corrected chi connectivity index (χ2v) is 3.84. The molecule has 0 aliphatic carbocycles. The number of nitrogens with two attached hydrogens (primary N) is 1. The Balaban J connectivity index is 3.77. The fourth-order valence-corrected chi connectivity index (χ4v) is 1.41. The fourth-order valence-electron chi connectivity index (χ4n) is 0.538. The van der Waals surface area contributed by atoms with Gasteiger partial charge in [-0.05, 0) is 0 Å². The molecule has 0 aliphatic rings. The van der Waals surface area contributed by atoms with E-state index in [0.717, 1.165) is 0 Å². The van der Waals surface area contributed by atoms with Crippen molar-refractivity contribution >= 4 is 17.7 Å². The van der Waals surface area contributed by atoms with E-state index in [2.05, 4.69) is 0 Å². The Hall–Kier alpha value is -0.260. The summed E-state index contributed by atoms with van der Waals surface area (Å²) >= 11 is 1.18. The lowest BCUT2D eigenvalue weighted by Crippen LogP contribution is -2.28. The van der Waals surface area contributed by atoms with Gasteiger partial charge in [-0.15, -0.1) is 11.8 Å². The summed E-state index contributed by atoms with van der Waals surface area (Å²) in [5.74, 6) is -0.919. The van der Waals surface area contributed by atoms with E-state index in [1.807, 2.05) is 0 Å². The molecule has 0 heterocycles. The second kappa shape index (κ2) is 5.40. The standard InChI is InChI=1S/C6H13NO3S/c1-4(3-8)11-5(2-7)6(9)10/h4-5,8H,2-3,7H2,1H3,(H,9,10). The minimum atomic E-state index is -0.919. The number of aliphatic hydroxyl groups is 1. The molecular formula is C6H13NO3S. The third-order valence-corrected chi connectivity index (χ3v) is 2.48. The maximum absolute atomic E-state index is 10.4. The van der Waals surface area contributed by atoms with Crippen molar-refractivity contribution in [1.29, 1.82) is 0 Å². The molecule has 0 spiro atoms. The van der Waals surface area contributed by atoms with Gasteiger partial charge < -0.3 is 15.9 Å². The lowest BCUT2D eigenvalue weighted by atomic mass is 10.4. The van der Waals surface area contributed by atoms with Crippen molar-refractivity contribution in [2.75, 3.05) is 13.2 Å². The summed E-state index contributed by atoms with van der Waals surface area (Å²) in [4.78, 5) is 10.4. The Kier molecular flexibility index (Phi) is 5.27. The summed E-state index contributed by atoms with van der Waals surface area (Å²) in [6.45, 7) is 1.84. The first-order chi connectivity index (χ1) is 5.11. The van der Waals surface area contributed by atoms with Crippen molar-refractivity contribution in [1.82, 2.24) is 0 Å². The van der Waals surface area contributed by atoms with Gasteiger partial charge in [0.15, 0.2) is 0 Å². The molecule has 2 unspecified atom stereocenters. The van der Waals surface area contributed by atoms with E-state index in [-0.39, 0.29) is 18.4 Å². The van der Waals surface area contributed by atoms with Crippen LogP contribution in [0.3, 0.4) is 0 Å². The van der Waals surface area contributed by atoms with Gasteiger partial charge in [-0.25, -0.2) is 0 Å². The van der Waals surface area contributed by atoms with Crippen molar-refractivity contribution in [3.63, 3.8) is 0 Å². The molecule has 4 nitrogen and oxygen atoms in total. The minimum Gasteiger partial charge on any atom is -0.480 e. The van der Waals surface area contributed by atoms with E-state index in [1.54, 1.807) is 6.92 Å². The SMILES string of the molecule is CC(CO)SC(CN)C(=O)O. The van der Waals surface area contributed by atoms with E-state index in [4.69, 9.17) is 15.9 Å². The van der Waals surface area contributed by atoms with Crippen LogP contribution in [0.5, 0.6) is 0 Å². The summed E-state index contributed by atoms with van der Waals surface area (Å²) in [5.41, 5.74) is 5.19. The molecule has 0 fully saturated rings. The lowest BCUT2D eigenvalue weighted by molar-refractivity contribution is -0.136. The summed E-state index contributed by atoms with van der Waals surface area (Å²) in [7, 11) is 0. The maximum atomic E-state index is 10.4. The zero-order chi connectivity index (χ0) is 8.85. The normalized spacial score (nSPS) is 15.9. The van der Waals surface area contributed by atoms with Gasteiger partial charge in [0.05, 0.1) is 6.61 Å². The molecule has 0 aromatic heterocycles. The van der Waals surface area contributed by atoms with Crippen LogP contribution in [0.1, 0.15) is 6.92 Å². The van der Waals surface area contributed by atoms with E-state index >= 15 is 0 Å². The predicted molar refractivity (Wildman–Crippen MR) is 44.6 cm³/mol. The molecule has 5 heteroatoms. The van der Waals surface area contributed by atoms with Gasteiger partial charge in [0.1, 0.15) is 5.25 Å². The molecule has 11 heavy (non-hydrogen) atoms. The molecule has 0 radical (unpaired) electrons. The summed E-state index contributed by atoms with van der Waals surface area (Å²) < 4.78 is 0. The van der Waals surface area contributed by atoms with Crippen LogP contribution in [0.4, 0.5) is 0 Å². The van der Waals surface area contributed by atoms with Crippen LogP contribution < -0.4 is 5.73 Å².